The Morgan fingerprint density at radius 1 is 1.46 bits per heavy atom. The zero-order valence-corrected chi connectivity index (χ0v) is 12.7. The van der Waals surface area contributed by atoms with E-state index in [2.05, 4.69) is 20.3 Å². The van der Waals surface area contributed by atoms with Crippen molar-refractivity contribution in [1.82, 2.24) is 30.3 Å². The van der Waals surface area contributed by atoms with E-state index in [0.29, 0.717) is 18.5 Å². The fourth-order valence-electron chi connectivity index (χ4n) is 2.66. The van der Waals surface area contributed by atoms with Crippen LogP contribution in [0.3, 0.4) is 0 Å². The van der Waals surface area contributed by atoms with E-state index in [0.717, 1.165) is 6.42 Å². The smallest absolute Gasteiger partial charge is 0.376 e. The first-order chi connectivity index (χ1) is 11.4. The molecule has 1 amide bonds. The van der Waals surface area contributed by atoms with Gasteiger partial charge in [-0.25, -0.2) is 4.98 Å². The molecule has 8 nitrogen and oxygen atoms in total. The summed E-state index contributed by atoms with van der Waals surface area (Å²) in [7, 11) is 1.49. The quantitative estimate of drug-likeness (QED) is 0.868. The molecule has 0 aliphatic carbocycles. The number of halogens is 3. The molecule has 1 aliphatic rings. The third-order valence-corrected chi connectivity index (χ3v) is 3.90. The van der Waals surface area contributed by atoms with E-state index in [9.17, 15) is 18.0 Å². The topological polar surface area (TPSA) is 99.8 Å². The third kappa shape index (κ3) is 3.25. The molecule has 0 spiro atoms. The molecule has 0 aromatic carbocycles. The predicted molar refractivity (Wildman–Crippen MR) is 74.0 cm³/mol. The molecule has 0 unspecified atom stereocenters. The number of rotatable bonds is 4. The van der Waals surface area contributed by atoms with Crippen molar-refractivity contribution >= 4 is 5.91 Å². The largest absolute Gasteiger partial charge is 0.432 e. The Hall–Kier alpha value is -2.43. The lowest BCUT2D eigenvalue weighted by Crippen LogP contribution is -2.36. The Balaban J connectivity index is 1.67. The van der Waals surface area contributed by atoms with Gasteiger partial charge in [0.05, 0.1) is 6.10 Å². The maximum absolute atomic E-state index is 12.6. The zero-order valence-electron chi connectivity index (χ0n) is 12.7. The molecule has 1 fully saturated rings. The molecule has 3 heterocycles. The van der Waals surface area contributed by atoms with Crippen molar-refractivity contribution in [2.75, 3.05) is 20.2 Å². The summed E-state index contributed by atoms with van der Waals surface area (Å²) in [5.74, 6) is -0.00119. The van der Waals surface area contributed by atoms with Gasteiger partial charge in [0.25, 0.3) is 5.91 Å². The number of hydrogen-bond acceptors (Lipinski definition) is 5. The Bertz CT molecular complexity index is 699. The van der Waals surface area contributed by atoms with Crippen LogP contribution in [0.25, 0.3) is 0 Å². The first-order valence-electron chi connectivity index (χ1n) is 7.21. The van der Waals surface area contributed by atoms with Crippen LogP contribution < -0.4 is 0 Å². The van der Waals surface area contributed by atoms with Crippen molar-refractivity contribution < 1.29 is 22.7 Å². The number of H-pyrrole nitrogens is 2. The van der Waals surface area contributed by atoms with E-state index in [-0.39, 0.29) is 24.3 Å². The average Bonchev–Trinajstić information content (AvgIpc) is 3.25. The van der Waals surface area contributed by atoms with Crippen LogP contribution >= 0.6 is 0 Å². The normalized spacial score (nSPS) is 21.2. The fourth-order valence-corrected chi connectivity index (χ4v) is 2.66. The lowest BCUT2D eigenvalue weighted by molar-refractivity contribution is -0.141. The van der Waals surface area contributed by atoms with Gasteiger partial charge in [-0.3, -0.25) is 15.0 Å². The second-order valence-corrected chi connectivity index (χ2v) is 5.53. The molecular weight excluding hydrogens is 329 g/mol. The van der Waals surface area contributed by atoms with Crippen LogP contribution in [-0.4, -0.2) is 62.5 Å². The van der Waals surface area contributed by atoms with Gasteiger partial charge in [-0.2, -0.15) is 23.4 Å². The number of hydrogen-bond donors (Lipinski definition) is 2. The van der Waals surface area contributed by atoms with Gasteiger partial charge in [0.2, 0.25) is 0 Å². The van der Waals surface area contributed by atoms with E-state index in [4.69, 9.17) is 4.74 Å². The van der Waals surface area contributed by atoms with Crippen molar-refractivity contribution in [1.29, 1.82) is 0 Å². The molecule has 0 bridgehead atoms. The molecule has 2 aromatic rings. The molecule has 2 atom stereocenters. The number of ether oxygens (including phenoxy) is 1. The maximum atomic E-state index is 12.6. The molecule has 0 radical (unpaired) electrons. The number of aromatic amines is 2. The van der Waals surface area contributed by atoms with E-state index in [1.54, 1.807) is 0 Å². The van der Waals surface area contributed by atoms with Crippen molar-refractivity contribution in [2.45, 2.75) is 24.6 Å². The second kappa shape index (κ2) is 6.23. The molecule has 1 saturated heterocycles. The molecule has 3 rings (SSSR count). The van der Waals surface area contributed by atoms with Crippen molar-refractivity contribution in [3.05, 3.63) is 29.6 Å². The van der Waals surface area contributed by atoms with Gasteiger partial charge >= 0.3 is 6.18 Å². The number of nitrogens with one attached hydrogen (secondary N) is 2. The van der Waals surface area contributed by atoms with Gasteiger partial charge in [0.15, 0.2) is 5.69 Å². The fraction of sp³-hybridized carbons (Fsp3) is 0.538. The van der Waals surface area contributed by atoms with Crippen molar-refractivity contribution in [3.63, 3.8) is 0 Å². The number of likely N-dealkylation sites (N-methyl/N-ethyl adjacent to an activating group) is 1. The minimum absolute atomic E-state index is 0.0485. The summed E-state index contributed by atoms with van der Waals surface area (Å²) in [6.07, 6.45) is -2.77. The van der Waals surface area contributed by atoms with Crippen LogP contribution in [0.5, 0.6) is 0 Å². The number of amides is 1. The Kier molecular flexibility index (Phi) is 4.26. The van der Waals surface area contributed by atoms with Crippen LogP contribution in [0.4, 0.5) is 13.2 Å². The highest BCUT2D eigenvalue weighted by atomic mass is 19.4. The molecule has 24 heavy (non-hydrogen) atoms. The van der Waals surface area contributed by atoms with Crippen LogP contribution in [0.1, 0.15) is 34.3 Å². The van der Waals surface area contributed by atoms with E-state index < -0.39 is 17.8 Å². The monoisotopic (exact) mass is 344 g/mol. The van der Waals surface area contributed by atoms with E-state index >= 15 is 0 Å². The van der Waals surface area contributed by atoms with Crippen molar-refractivity contribution in [3.8, 4) is 0 Å². The van der Waals surface area contributed by atoms with Gasteiger partial charge < -0.3 is 9.64 Å². The number of carbonyl (C=O) groups is 1. The van der Waals surface area contributed by atoms with Gasteiger partial charge in [0, 0.05) is 32.2 Å². The molecule has 11 heteroatoms. The highest BCUT2D eigenvalue weighted by Crippen LogP contribution is 2.30. The van der Waals surface area contributed by atoms with E-state index in [1.165, 1.54) is 18.3 Å². The standard InChI is InChI=1S/C13H15F3N6O2/c1-22(12(23)8-4-10(20-19-8)13(14,15)16)5-9-7(2-3-24-9)11-17-6-18-21-11/h4,6-7,9H,2-3,5H2,1H3,(H,19,20)(H,17,18,21)/t7-,9-/m1/s1. The average molecular weight is 344 g/mol. The molecule has 1 aliphatic heterocycles. The van der Waals surface area contributed by atoms with Crippen LogP contribution in [-0.2, 0) is 10.9 Å². The third-order valence-electron chi connectivity index (χ3n) is 3.90. The first-order valence-corrected chi connectivity index (χ1v) is 7.21. The van der Waals surface area contributed by atoms with E-state index in [1.807, 2.05) is 5.10 Å². The zero-order chi connectivity index (χ0) is 17.3. The first kappa shape index (κ1) is 16.4. The number of carbonyl (C=O) groups excluding carboxylic acids is 1. The lowest BCUT2D eigenvalue weighted by atomic mass is 10.0. The number of nitrogens with zero attached hydrogens (tertiary/aromatic N) is 4. The SMILES string of the molecule is CN(C[C@H]1OCC[C@H]1c1ncn[nH]1)C(=O)c1cc(C(F)(F)F)[nH]n1. The van der Waals surface area contributed by atoms with Crippen molar-refractivity contribution in [2.24, 2.45) is 0 Å². The Morgan fingerprint density at radius 3 is 2.88 bits per heavy atom. The minimum Gasteiger partial charge on any atom is -0.376 e. The maximum Gasteiger partial charge on any atom is 0.432 e. The molecule has 0 saturated carbocycles. The summed E-state index contributed by atoms with van der Waals surface area (Å²) in [5, 5.41) is 11.8. The van der Waals surface area contributed by atoms with Gasteiger partial charge in [0.1, 0.15) is 17.8 Å². The molecular formula is C13H15F3N6O2. The Labute approximate surface area is 134 Å². The van der Waals surface area contributed by atoms with Crippen LogP contribution in [0.15, 0.2) is 12.4 Å². The van der Waals surface area contributed by atoms with Gasteiger partial charge in [-0.15, -0.1) is 0 Å². The second-order valence-electron chi connectivity index (χ2n) is 5.53. The Morgan fingerprint density at radius 2 is 2.25 bits per heavy atom. The molecule has 130 valence electrons. The van der Waals surface area contributed by atoms with Crippen LogP contribution in [0.2, 0.25) is 0 Å². The lowest BCUT2D eigenvalue weighted by Gasteiger charge is -2.23. The summed E-state index contributed by atoms with van der Waals surface area (Å²) in [6, 6.07) is 0.697. The summed E-state index contributed by atoms with van der Waals surface area (Å²) < 4.78 is 43.3. The number of alkyl halides is 3. The molecule has 2 N–H and O–H groups in total. The highest BCUT2D eigenvalue weighted by molar-refractivity contribution is 5.92. The summed E-state index contributed by atoms with van der Waals surface area (Å²) in [4.78, 5) is 17.6. The van der Waals surface area contributed by atoms with Crippen LogP contribution in [0, 0.1) is 0 Å². The minimum atomic E-state index is -4.57. The molecule has 2 aromatic heterocycles. The summed E-state index contributed by atoms with van der Waals surface area (Å²) in [5.41, 5.74) is -1.35. The number of aromatic nitrogens is 5. The summed E-state index contributed by atoms with van der Waals surface area (Å²) >= 11 is 0. The van der Waals surface area contributed by atoms with Gasteiger partial charge in [-0.1, -0.05) is 0 Å². The van der Waals surface area contributed by atoms with Gasteiger partial charge in [-0.05, 0) is 6.42 Å². The predicted octanol–water partition coefficient (Wildman–Crippen LogP) is 1.19. The highest BCUT2D eigenvalue weighted by Gasteiger charge is 2.36. The summed E-state index contributed by atoms with van der Waals surface area (Å²) in [6.45, 7) is 0.719.